The normalized spacial score (nSPS) is 13.0. The van der Waals surface area contributed by atoms with E-state index in [1.165, 1.54) is 0 Å². The number of carbonyl (C=O) groups excluding carboxylic acids is 2. The van der Waals surface area contributed by atoms with E-state index in [1.54, 1.807) is 19.3 Å². The molecule has 0 bridgehead atoms. The van der Waals surface area contributed by atoms with Gasteiger partial charge in [0.15, 0.2) is 0 Å². The first kappa shape index (κ1) is 22.6. The highest BCUT2D eigenvalue weighted by atomic mass is 16.5. The zero-order valence-corrected chi connectivity index (χ0v) is 17.4. The van der Waals surface area contributed by atoms with E-state index in [1.807, 2.05) is 42.5 Å². The van der Waals surface area contributed by atoms with Crippen molar-refractivity contribution in [3.05, 3.63) is 66.0 Å². The lowest BCUT2D eigenvalue weighted by Gasteiger charge is -2.24. The summed E-state index contributed by atoms with van der Waals surface area (Å²) in [6.45, 7) is 6.49. The number of nitrogens with one attached hydrogen (secondary N) is 2. The van der Waals surface area contributed by atoms with Crippen LogP contribution in [0.1, 0.15) is 38.3 Å². The van der Waals surface area contributed by atoms with Crippen molar-refractivity contribution in [1.82, 2.24) is 15.6 Å². The SMILES string of the molecule is CC(=O)[C@H](Cc1cccnc1)NC[C@H](CC(C)C)NC(=O)OCc1ccccc1. The van der Waals surface area contributed by atoms with Gasteiger partial charge in [-0.15, -0.1) is 0 Å². The topological polar surface area (TPSA) is 80.3 Å². The molecule has 6 heteroatoms. The van der Waals surface area contributed by atoms with E-state index in [2.05, 4.69) is 29.5 Å². The third kappa shape index (κ3) is 8.87. The molecule has 2 atom stereocenters. The van der Waals surface area contributed by atoms with E-state index in [4.69, 9.17) is 4.74 Å². The second-order valence-corrected chi connectivity index (χ2v) is 7.67. The van der Waals surface area contributed by atoms with Crippen molar-refractivity contribution in [2.75, 3.05) is 6.54 Å². The summed E-state index contributed by atoms with van der Waals surface area (Å²) in [6, 6.07) is 12.9. The summed E-state index contributed by atoms with van der Waals surface area (Å²) in [5.41, 5.74) is 1.94. The quantitative estimate of drug-likeness (QED) is 0.606. The molecule has 0 radical (unpaired) electrons. The van der Waals surface area contributed by atoms with Gasteiger partial charge in [-0.3, -0.25) is 9.78 Å². The molecule has 2 aromatic rings. The number of alkyl carbamates (subject to hydrolysis) is 1. The van der Waals surface area contributed by atoms with E-state index in [0.29, 0.717) is 18.9 Å². The predicted molar refractivity (Wildman–Crippen MR) is 113 cm³/mol. The Balaban J connectivity index is 1.88. The molecule has 0 saturated heterocycles. The Labute approximate surface area is 173 Å². The summed E-state index contributed by atoms with van der Waals surface area (Å²) in [7, 11) is 0. The standard InChI is InChI=1S/C23H31N3O3/c1-17(2)12-21(26-23(28)29-16-19-8-5-4-6-9-19)15-25-22(18(3)27)13-20-10-7-11-24-14-20/h4-11,14,17,21-22,25H,12-13,15-16H2,1-3H3,(H,26,28)/t21-,22-/m0/s1. The number of rotatable bonds is 11. The highest BCUT2D eigenvalue weighted by Crippen LogP contribution is 2.08. The molecule has 2 N–H and O–H groups in total. The fourth-order valence-electron chi connectivity index (χ4n) is 3.09. The van der Waals surface area contributed by atoms with Crippen LogP contribution in [0.5, 0.6) is 0 Å². The summed E-state index contributed by atoms with van der Waals surface area (Å²) in [6.07, 6.45) is 4.38. The van der Waals surface area contributed by atoms with Crippen LogP contribution in [0.25, 0.3) is 0 Å². The lowest BCUT2D eigenvalue weighted by Crippen LogP contribution is -2.48. The van der Waals surface area contributed by atoms with Gasteiger partial charge >= 0.3 is 6.09 Å². The van der Waals surface area contributed by atoms with Crippen LogP contribution in [0.3, 0.4) is 0 Å². The first-order valence-electron chi connectivity index (χ1n) is 10.0. The predicted octanol–water partition coefficient (Wildman–Crippen LogP) is 3.51. The molecule has 0 saturated carbocycles. The van der Waals surface area contributed by atoms with Crippen molar-refractivity contribution >= 4 is 11.9 Å². The van der Waals surface area contributed by atoms with E-state index in [9.17, 15) is 9.59 Å². The van der Waals surface area contributed by atoms with Gasteiger partial charge in [0.05, 0.1) is 6.04 Å². The summed E-state index contributed by atoms with van der Waals surface area (Å²) >= 11 is 0. The lowest BCUT2D eigenvalue weighted by molar-refractivity contribution is -0.119. The average Bonchev–Trinajstić information content (AvgIpc) is 2.70. The Hall–Kier alpha value is -2.73. The number of amides is 1. The first-order chi connectivity index (χ1) is 13.9. The van der Waals surface area contributed by atoms with Crippen LogP contribution in [0, 0.1) is 5.92 Å². The number of ketones is 1. The third-order valence-corrected chi connectivity index (χ3v) is 4.55. The minimum atomic E-state index is -0.451. The van der Waals surface area contributed by atoms with Crippen molar-refractivity contribution in [3.8, 4) is 0 Å². The molecule has 0 fully saturated rings. The van der Waals surface area contributed by atoms with E-state index in [-0.39, 0.29) is 24.5 Å². The molecule has 0 unspecified atom stereocenters. The number of hydrogen-bond donors (Lipinski definition) is 2. The van der Waals surface area contributed by atoms with Gasteiger partial charge in [0.25, 0.3) is 0 Å². The zero-order chi connectivity index (χ0) is 21.1. The molecular weight excluding hydrogens is 366 g/mol. The van der Waals surface area contributed by atoms with Gasteiger partial charge in [-0.1, -0.05) is 50.2 Å². The summed E-state index contributed by atoms with van der Waals surface area (Å²) in [5.74, 6) is 0.453. The number of hydrogen-bond acceptors (Lipinski definition) is 5. The van der Waals surface area contributed by atoms with Gasteiger partial charge in [-0.2, -0.15) is 0 Å². The monoisotopic (exact) mass is 397 g/mol. The summed E-state index contributed by atoms with van der Waals surface area (Å²) in [4.78, 5) is 28.4. The summed E-state index contributed by atoms with van der Waals surface area (Å²) < 4.78 is 5.34. The number of benzene rings is 1. The molecule has 29 heavy (non-hydrogen) atoms. The van der Waals surface area contributed by atoms with Crippen LogP contribution >= 0.6 is 0 Å². The van der Waals surface area contributed by atoms with Gasteiger partial charge in [-0.25, -0.2) is 4.79 Å². The number of aromatic nitrogens is 1. The molecule has 1 heterocycles. The molecule has 0 aliphatic carbocycles. The number of nitrogens with zero attached hydrogens (tertiary/aromatic N) is 1. The Kier molecular flexibility index (Phi) is 9.31. The maximum absolute atomic E-state index is 12.2. The Morgan fingerprint density at radius 2 is 1.79 bits per heavy atom. The van der Waals surface area contributed by atoms with Gasteiger partial charge in [0.1, 0.15) is 12.4 Å². The average molecular weight is 398 g/mol. The second-order valence-electron chi connectivity index (χ2n) is 7.67. The van der Waals surface area contributed by atoms with E-state index in [0.717, 1.165) is 17.5 Å². The number of carbonyl (C=O) groups is 2. The first-order valence-corrected chi connectivity index (χ1v) is 10.0. The van der Waals surface area contributed by atoms with Gasteiger partial charge in [0.2, 0.25) is 0 Å². The molecular formula is C23H31N3O3. The molecule has 0 aliphatic heterocycles. The van der Waals surface area contributed by atoms with Crippen molar-refractivity contribution in [3.63, 3.8) is 0 Å². The van der Waals surface area contributed by atoms with Crippen molar-refractivity contribution in [2.45, 2.75) is 52.3 Å². The lowest BCUT2D eigenvalue weighted by atomic mass is 10.0. The van der Waals surface area contributed by atoms with Gasteiger partial charge < -0.3 is 15.4 Å². The number of pyridine rings is 1. The molecule has 0 spiro atoms. The van der Waals surface area contributed by atoms with Gasteiger partial charge in [-0.05, 0) is 42.9 Å². The highest BCUT2D eigenvalue weighted by molar-refractivity contribution is 5.81. The fraction of sp³-hybridized carbons (Fsp3) is 0.435. The minimum absolute atomic E-state index is 0.0591. The van der Waals surface area contributed by atoms with Crippen LogP contribution in [-0.4, -0.2) is 35.5 Å². The molecule has 1 aromatic heterocycles. The maximum atomic E-state index is 12.2. The highest BCUT2D eigenvalue weighted by Gasteiger charge is 2.20. The Morgan fingerprint density at radius 1 is 1.07 bits per heavy atom. The molecule has 1 aromatic carbocycles. The third-order valence-electron chi connectivity index (χ3n) is 4.55. The van der Waals surface area contributed by atoms with Crippen LogP contribution in [0.2, 0.25) is 0 Å². The summed E-state index contributed by atoms with van der Waals surface area (Å²) in [5, 5.41) is 6.23. The largest absolute Gasteiger partial charge is 0.445 e. The van der Waals surface area contributed by atoms with Crippen molar-refractivity contribution < 1.29 is 14.3 Å². The smallest absolute Gasteiger partial charge is 0.407 e. The molecule has 1 amide bonds. The van der Waals surface area contributed by atoms with Gasteiger partial charge in [0, 0.05) is 25.0 Å². The molecule has 2 rings (SSSR count). The molecule has 6 nitrogen and oxygen atoms in total. The van der Waals surface area contributed by atoms with Crippen molar-refractivity contribution in [2.24, 2.45) is 5.92 Å². The minimum Gasteiger partial charge on any atom is -0.445 e. The number of Topliss-reactive ketones (excluding diaryl/α,β-unsaturated/α-hetero) is 1. The van der Waals surface area contributed by atoms with Crippen molar-refractivity contribution in [1.29, 1.82) is 0 Å². The number of ether oxygens (including phenoxy) is 1. The van der Waals surface area contributed by atoms with Crippen LogP contribution < -0.4 is 10.6 Å². The van der Waals surface area contributed by atoms with Crippen LogP contribution in [0.4, 0.5) is 4.79 Å². The fourth-order valence-corrected chi connectivity index (χ4v) is 3.09. The Morgan fingerprint density at radius 3 is 2.41 bits per heavy atom. The maximum Gasteiger partial charge on any atom is 0.407 e. The van der Waals surface area contributed by atoms with E-state index < -0.39 is 6.09 Å². The molecule has 0 aliphatic rings. The second kappa shape index (κ2) is 12.0. The van der Waals surface area contributed by atoms with E-state index >= 15 is 0 Å². The molecule has 156 valence electrons. The van der Waals surface area contributed by atoms with Crippen LogP contribution in [0.15, 0.2) is 54.9 Å². The zero-order valence-electron chi connectivity index (χ0n) is 17.4. The Bertz CT molecular complexity index is 750. The van der Waals surface area contributed by atoms with Crippen LogP contribution in [-0.2, 0) is 22.6 Å².